The molecule has 0 amide bonds. The Bertz CT molecular complexity index is 152. The zero-order chi connectivity index (χ0) is 7.49. The largest absolute Gasteiger partial charge is 0.193 e. The first-order valence-corrected chi connectivity index (χ1v) is 3.05. The van der Waals surface area contributed by atoms with Gasteiger partial charge in [-0.15, -0.1) is 0 Å². The van der Waals surface area contributed by atoms with Crippen LogP contribution < -0.4 is 0 Å². The maximum absolute atomic E-state index is 8.38. The van der Waals surface area contributed by atoms with E-state index in [1.807, 2.05) is 13.0 Å². The second-order valence-corrected chi connectivity index (χ2v) is 3.31. The lowest BCUT2D eigenvalue weighted by atomic mass is 9.94. The molecule has 0 aromatic heterocycles. The molecule has 0 unspecified atom stereocenters. The molecule has 1 heteroatoms. The maximum Gasteiger partial charge on any atom is 0.0940 e. The van der Waals surface area contributed by atoms with Gasteiger partial charge < -0.3 is 0 Å². The van der Waals surface area contributed by atoms with Gasteiger partial charge in [-0.1, -0.05) is 26.8 Å². The molecule has 0 aromatic rings. The van der Waals surface area contributed by atoms with Crippen molar-refractivity contribution >= 4 is 0 Å². The molecule has 0 fully saturated rings. The quantitative estimate of drug-likeness (QED) is 0.454. The summed E-state index contributed by atoms with van der Waals surface area (Å²) in [6.45, 7) is 8.06. The van der Waals surface area contributed by atoms with Crippen molar-refractivity contribution < 1.29 is 0 Å². The lowest BCUT2D eigenvalue weighted by molar-refractivity contribution is 0.541. The molecule has 0 bridgehead atoms. The van der Waals surface area contributed by atoms with Crippen molar-refractivity contribution in [3.8, 4) is 6.07 Å². The van der Waals surface area contributed by atoms with Crippen molar-refractivity contribution in [2.75, 3.05) is 0 Å². The van der Waals surface area contributed by atoms with E-state index in [9.17, 15) is 0 Å². The van der Waals surface area contributed by atoms with Gasteiger partial charge in [0.1, 0.15) is 0 Å². The minimum Gasteiger partial charge on any atom is -0.193 e. The van der Waals surface area contributed by atoms with Crippen LogP contribution in [0, 0.1) is 16.7 Å². The van der Waals surface area contributed by atoms with E-state index in [4.69, 9.17) is 5.26 Å². The monoisotopic (exact) mass is 123 g/mol. The Kier molecular flexibility index (Phi) is 2.45. The summed E-state index contributed by atoms with van der Waals surface area (Å²) in [7, 11) is 0. The van der Waals surface area contributed by atoms with Gasteiger partial charge in [0.15, 0.2) is 0 Å². The van der Waals surface area contributed by atoms with Gasteiger partial charge in [-0.2, -0.15) is 5.26 Å². The summed E-state index contributed by atoms with van der Waals surface area (Å²) in [5.74, 6) is 0. The molecule has 0 spiro atoms. The fourth-order valence-corrected chi connectivity index (χ4v) is 0.682. The molecule has 0 N–H and O–H groups in total. The van der Waals surface area contributed by atoms with Crippen LogP contribution in [-0.4, -0.2) is 0 Å². The molecule has 0 rings (SSSR count). The zero-order valence-electron chi connectivity index (χ0n) is 6.52. The molecule has 9 heavy (non-hydrogen) atoms. The molecule has 0 aliphatic carbocycles. The van der Waals surface area contributed by atoms with E-state index in [1.165, 1.54) is 0 Å². The van der Waals surface area contributed by atoms with Gasteiger partial charge in [0.05, 0.1) is 6.07 Å². The Labute approximate surface area is 57.0 Å². The Balaban J connectivity index is 4.17. The number of allylic oxidation sites excluding steroid dienone is 2. The predicted octanol–water partition coefficient (Wildman–Crippen LogP) is 2.50. The highest BCUT2D eigenvalue weighted by atomic mass is 14.2. The van der Waals surface area contributed by atoms with Crippen molar-refractivity contribution in [2.24, 2.45) is 5.41 Å². The molecule has 1 nitrogen and oxygen atoms in total. The third-order valence-electron chi connectivity index (χ3n) is 0.826. The fraction of sp³-hybridized carbons (Fsp3) is 0.625. The van der Waals surface area contributed by atoms with Crippen LogP contribution in [0.3, 0.4) is 0 Å². The molecular formula is C8H13N. The Morgan fingerprint density at radius 2 is 1.89 bits per heavy atom. The average Bonchev–Trinajstić information content (AvgIpc) is 1.62. The molecular weight excluding hydrogens is 110 g/mol. The van der Waals surface area contributed by atoms with E-state index in [-0.39, 0.29) is 5.41 Å². The van der Waals surface area contributed by atoms with E-state index in [2.05, 4.69) is 26.8 Å². The molecule has 0 saturated carbocycles. The van der Waals surface area contributed by atoms with Crippen LogP contribution in [0.5, 0.6) is 0 Å². The first-order chi connectivity index (χ1) is 3.95. The van der Waals surface area contributed by atoms with Crippen LogP contribution in [0.4, 0.5) is 0 Å². The van der Waals surface area contributed by atoms with Gasteiger partial charge >= 0.3 is 0 Å². The molecule has 0 heterocycles. The molecule has 0 saturated heterocycles. The standard InChI is InChI=1S/C8H13N/c1-7(6-9)5-8(2,3)4/h5H,1-4H3/b7-5-. The molecule has 0 atom stereocenters. The van der Waals surface area contributed by atoms with Crippen LogP contribution in [0.2, 0.25) is 0 Å². The van der Waals surface area contributed by atoms with Gasteiger partial charge in [-0.3, -0.25) is 0 Å². The highest BCUT2D eigenvalue weighted by Gasteiger charge is 2.04. The summed E-state index contributed by atoms with van der Waals surface area (Å²) >= 11 is 0. The van der Waals surface area contributed by atoms with E-state index >= 15 is 0 Å². The highest BCUT2D eigenvalue weighted by Crippen LogP contribution is 2.16. The number of hydrogen-bond acceptors (Lipinski definition) is 1. The van der Waals surface area contributed by atoms with E-state index in [0.717, 1.165) is 5.57 Å². The lowest BCUT2D eigenvalue weighted by Crippen LogP contribution is -1.99. The van der Waals surface area contributed by atoms with Crippen LogP contribution in [0.15, 0.2) is 11.6 Å². The zero-order valence-corrected chi connectivity index (χ0v) is 6.52. The molecule has 0 radical (unpaired) electrons. The number of nitrogens with zero attached hydrogens (tertiary/aromatic N) is 1. The Morgan fingerprint density at radius 3 is 2.00 bits per heavy atom. The lowest BCUT2D eigenvalue weighted by Gasteiger charge is -2.10. The van der Waals surface area contributed by atoms with Crippen LogP contribution in [-0.2, 0) is 0 Å². The minimum atomic E-state index is 0.139. The molecule has 0 aliphatic heterocycles. The van der Waals surface area contributed by atoms with Crippen LogP contribution in [0.1, 0.15) is 27.7 Å². The molecule has 0 aromatic carbocycles. The van der Waals surface area contributed by atoms with Crippen molar-refractivity contribution in [1.82, 2.24) is 0 Å². The molecule has 50 valence electrons. The van der Waals surface area contributed by atoms with Crippen molar-refractivity contribution in [3.63, 3.8) is 0 Å². The summed E-state index contributed by atoms with van der Waals surface area (Å²) in [6.07, 6.45) is 1.97. The summed E-state index contributed by atoms with van der Waals surface area (Å²) in [4.78, 5) is 0. The number of nitriles is 1. The number of hydrogen-bond donors (Lipinski definition) is 0. The van der Waals surface area contributed by atoms with Gasteiger partial charge in [0, 0.05) is 5.57 Å². The van der Waals surface area contributed by atoms with E-state index < -0.39 is 0 Å². The second kappa shape index (κ2) is 2.68. The third kappa shape index (κ3) is 5.10. The van der Waals surface area contributed by atoms with E-state index in [0.29, 0.717) is 0 Å². The van der Waals surface area contributed by atoms with Gasteiger partial charge in [0.25, 0.3) is 0 Å². The van der Waals surface area contributed by atoms with Crippen molar-refractivity contribution in [3.05, 3.63) is 11.6 Å². The minimum absolute atomic E-state index is 0.139. The summed E-state index contributed by atoms with van der Waals surface area (Å²) < 4.78 is 0. The van der Waals surface area contributed by atoms with Gasteiger partial charge in [-0.25, -0.2) is 0 Å². The third-order valence-corrected chi connectivity index (χ3v) is 0.826. The summed E-state index contributed by atoms with van der Waals surface area (Å²) in [5, 5.41) is 8.38. The highest BCUT2D eigenvalue weighted by molar-refractivity contribution is 5.19. The second-order valence-electron chi connectivity index (χ2n) is 3.31. The van der Waals surface area contributed by atoms with Crippen molar-refractivity contribution in [1.29, 1.82) is 5.26 Å². The fourth-order valence-electron chi connectivity index (χ4n) is 0.682. The summed E-state index contributed by atoms with van der Waals surface area (Å²) in [5.41, 5.74) is 0.933. The Hall–Kier alpha value is -0.770. The first kappa shape index (κ1) is 8.23. The van der Waals surface area contributed by atoms with Crippen LogP contribution in [0.25, 0.3) is 0 Å². The maximum atomic E-state index is 8.38. The molecule has 0 aliphatic rings. The average molecular weight is 123 g/mol. The normalized spacial score (nSPS) is 13.0. The Morgan fingerprint density at radius 1 is 1.44 bits per heavy atom. The van der Waals surface area contributed by atoms with E-state index in [1.54, 1.807) is 0 Å². The van der Waals surface area contributed by atoms with Crippen molar-refractivity contribution in [2.45, 2.75) is 27.7 Å². The summed E-state index contributed by atoms with van der Waals surface area (Å²) in [6, 6.07) is 2.08. The van der Waals surface area contributed by atoms with Gasteiger partial charge in [0.2, 0.25) is 0 Å². The first-order valence-electron chi connectivity index (χ1n) is 3.05. The van der Waals surface area contributed by atoms with Gasteiger partial charge in [-0.05, 0) is 12.3 Å². The van der Waals surface area contributed by atoms with Crippen LogP contribution >= 0.6 is 0 Å². The predicted molar refractivity (Wildman–Crippen MR) is 38.8 cm³/mol. The number of rotatable bonds is 0. The smallest absolute Gasteiger partial charge is 0.0940 e. The topological polar surface area (TPSA) is 23.8 Å². The SMILES string of the molecule is C/C(C#N)=C/C(C)(C)C.